The van der Waals surface area contributed by atoms with Crippen molar-refractivity contribution in [3.05, 3.63) is 35.4 Å². The van der Waals surface area contributed by atoms with Gasteiger partial charge in [-0.25, -0.2) is 0 Å². The Kier molecular flexibility index (Phi) is 5.65. The molecule has 2 nitrogen and oxygen atoms in total. The van der Waals surface area contributed by atoms with Crippen LogP contribution >= 0.6 is 0 Å². The van der Waals surface area contributed by atoms with Crippen LogP contribution in [0.2, 0.25) is 0 Å². The fourth-order valence-corrected chi connectivity index (χ4v) is 2.85. The molecule has 1 aliphatic heterocycles. The van der Waals surface area contributed by atoms with E-state index in [9.17, 15) is 13.2 Å². The van der Waals surface area contributed by atoms with E-state index in [4.69, 9.17) is 0 Å². The van der Waals surface area contributed by atoms with Crippen LogP contribution in [0.1, 0.15) is 30.9 Å². The van der Waals surface area contributed by atoms with Crippen LogP contribution < -0.4 is 5.32 Å². The Hall–Kier alpha value is -1.07. The highest BCUT2D eigenvalue weighted by Gasteiger charge is 2.30. The van der Waals surface area contributed by atoms with Gasteiger partial charge in [-0.15, -0.1) is 0 Å². The van der Waals surface area contributed by atoms with Crippen LogP contribution in [0.15, 0.2) is 24.3 Å². The lowest BCUT2D eigenvalue weighted by Crippen LogP contribution is -2.38. The molecular formula is C16H23F3N2. The quantitative estimate of drug-likeness (QED) is 0.895. The molecule has 1 aromatic rings. The van der Waals surface area contributed by atoms with Gasteiger partial charge in [-0.1, -0.05) is 25.1 Å². The molecule has 21 heavy (non-hydrogen) atoms. The molecule has 118 valence electrons. The molecule has 0 spiro atoms. The molecule has 1 unspecified atom stereocenters. The zero-order valence-electron chi connectivity index (χ0n) is 12.4. The summed E-state index contributed by atoms with van der Waals surface area (Å²) in [6.07, 6.45) is -1.88. The highest BCUT2D eigenvalue weighted by atomic mass is 19.4. The lowest BCUT2D eigenvalue weighted by atomic mass is 9.99. The Morgan fingerprint density at radius 2 is 2.14 bits per heavy atom. The molecule has 0 radical (unpaired) electrons. The molecule has 1 heterocycles. The average Bonchev–Trinajstić information content (AvgIpc) is 2.47. The van der Waals surface area contributed by atoms with Crippen molar-refractivity contribution in [3.8, 4) is 0 Å². The minimum atomic E-state index is -4.26. The first-order chi connectivity index (χ1) is 9.99. The Labute approximate surface area is 124 Å². The normalized spacial score (nSPS) is 20.0. The number of rotatable bonds is 5. The Balaban J connectivity index is 1.97. The van der Waals surface area contributed by atoms with E-state index >= 15 is 0 Å². The summed E-state index contributed by atoms with van der Waals surface area (Å²) < 4.78 is 38.2. The topological polar surface area (TPSA) is 15.3 Å². The second kappa shape index (κ2) is 7.27. The number of nitrogens with zero attached hydrogens (tertiary/aromatic N) is 1. The molecule has 1 aromatic carbocycles. The third-order valence-electron chi connectivity index (χ3n) is 4.02. The van der Waals surface area contributed by atoms with E-state index < -0.39 is 11.7 Å². The van der Waals surface area contributed by atoms with E-state index in [0.717, 1.165) is 37.8 Å². The zero-order chi connectivity index (χ0) is 15.3. The molecule has 0 amide bonds. The molecule has 5 heteroatoms. The van der Waals surface area contributed by atoms with Crippen molar-refractivity contribution in [1.82, 2.24) is 10.2 Å². The largest absolute Gasteiger partial charge is 0.416 e. The SMILES string of the molecule is CCN(Cc1cccc(C(F)(F)F)c1)CC1CCCNC1. The Morgan fingerprint density at radius 3 is 2.76 bits per heavy atom. The fourth-order valence-electron chi connectivity index (χ4n) is 2.85. The van der Waals surface area contributed by atoms with Crippen molar-refractivity contribution < 1.29 is 13.2 Å². The predicted molar refractivity (Wildman–Crippen MR) is 78.0 cm³/mol. The van der Waals surface area contributed by atoms with E-state index in [0.29, 0.717) is 12.5 Å². The summed E-state index contributed by atoms with van der Waals surface area (Å²) in [4.78, 5) is 2.23. The molecule has 0 aromatic heterocycles. The summed E-state index contributed by atoms with van der Waals surface area (Å²) in [5.41, 5.74) is 0.172. The molecule has 1 aliphatic rings. The van der Waals surface area contributed by atoms with Gasteiger partial charge in [0.1, 0.15) is 0 Å². The molecule has 1 N–H and O–H groups in total. The van der Waals surface area contributed by atoms with Crippen LogP contribution in [0, 0.1) is 5.92 Å². The zero-order valence-corrected chi connectivity index (χ0v) is 12.4. The predicted octanol–water partition coefficient (Wildman–Crippen LogP) is 3.53. The van der Waals surface area contributed by atoms with Crippen LogP contribution in [-0.2, 0) is 12.7 Å². The Bertz CT molecular complexity index is 439. The number of hydrogen-bond acceptors (Lipinski definition) is 2. The molecule has 0 aliphatic carbocycles. The number of nitrogens with one attached hydrogen (secondary N) is 1. The van der Waals surface area contributed by atoms with E-state index in [-0.39, 0.29) is 0 Å². The molecule has 1 saturated heterocycles. The van der Waals surface area contributed by atoms with Gasteiger partial charge in [0.15, 0.2) is 0 Å². The van der Waals surface area contributed by atoms with Crippen LogP contribution in [0.25, 0.3) is 0 Å². The van der Waals surface area contributed by atoms with E-state index in [1.807, 2.05) is 0 Å². The van der Waals surface area contributed by atoms with Crippen LogP contribution in [-0.4, -0.2) is 31.1 Å². The van der Waals surface area contributed by atoms with Gasteiger partial charge in [0.2, 0.25) is 0 Å². The summed E-state index contributed by atoms with van der Waals surface area (Å²) >= 11 is 0. The maximum atomic E-state index is 12.7. The van der Waals surface area contributed by atoms with Crippen molar-refractivity contribution >= 4 is 0 Å². The first-order valence-electron chi connectivity index (χ1n) is 7.58. The lowest BCUT2D eigenvalue weighted by molar-refractivity contribution is -0.137. The maximum Gasteiger partial charge on any atom is 0.416 e. The van der Waals surface area contributed by atoms with Crippen molar-refractivity contribution in [3.63, 3.8) is 0 Å². The third-order valence-corrected chi connectivity index (χ3v) is 4.02. The standard InChI is InChI=1S/C16H23F3N2/c1-2-21(12-14-6-4-8-20-10-14)11-13-5-3-7-15(9-13)16(17,18)19/h3,5,7,9,14,20H,2,4,6,8,10-12H2,1H3. The van der Waals surface area contributed by atoms with E-state index in [2.05, 4.69) is 17.1 Å². The van der Waals surface area contributed by atoms with Gasteiger partial charge in [-0.3, -0.25) is 4.90 Å². The molecule has 1 atom stereocenters. The minimum absolute atomic E-state index is 0.560. The van der Waals surface area contributed by atoms with Gasteiger partial charge < -0.3 is 5.32 Å². The highest BCUT2D eigenvalue weighted by Crippen LogP contribution is 2.29. The molecule has 0 bridgehead atoms. The van der Waals surface area contributed by atoms with Gasteiger partial charge in [0, 0.05) is 13.1 Å². The van der Waals surface area contributed by atoms with E-state index in [1.54, 1.807) is 6.07 Å². The number of alkyl halides is 3. The number of piperidine rings is 1. The number of benzene rings is 1. The average molecular weight is 300 g/mol. The van der Waals surface area contributed by atoms with Gasteiger partial charge >= 0.3 is 6.18 Å². The highest BCUT2D eigenvalue weighted by molar-refractivity contribution is 5.25. The van der Waals surface area contributed by atoms with Crippen molar-refractivity contribution in [2.75, 3.05) is 26.2 Å². The van der Waals surface area contributed by atoms with Crippen molar-refractivity contribution in [2.24, 2.45) is 5.92 Å². The molecular weight excluding hydrogens is 277 g/mol. The van der Waals surface area contributed by atoms with Crippen LogP contribution in [0.3, 0.4) is 0 Å². The van der Waals surface area contributed by atoms with Crippen LogP contribution in [0.5, 0.6) is 0 Å². The first kappa shape index (κ1) is 16.3. The van der Waals surface area contributed by atoms with Gasteiger partial charge in [0.25, 0.3) is 0 Å². The van der Waals surface area contributed by atoms with Crippen molar-refractivity contribution in [2.45, 2.75) is 32.5 Å². The van der Waals surface area contributed by atoms with Gasteiger partial charge in [-0.2, -0.15) is 13.2 Å². The summed E-state index contributed by atoms with van der Waals surface area (Å²) in [7, 11) is 0. The third kappa shape index (κ3) is 5.00. The summed E-state index contributed by atoms with van der Waals surface area (Å²) in [6.45, 7) is 6.53. The smallest absolute Gasteiger partial charge is 0.316 e. The molecule has 0 saturated carbocycles. The van der Waals surface area contributed by atoms with Gasteiger partial charge in [0.05, 0.1) is 5.56 Å². The maximum absolute atomic E-state index is 12.7. The monoisotopic (exact) mass is 300 g/mol. The molecule has 2 rings (SSSR count). The summed E-state index contributed by atoms with van der Waals surface area (Å²) in [6, 6.07) is 5.66. The lowest BCUT2D eigenvalue weighted by Gasteiger charge is -2.29. The Morgan fingerprint density at radius 1 is 1.33 bits per heavy atom. The first-order valence-corrected chi connectivity index (χ1v) is 7.58. The number of halogens is 3. The fraction of sp³-hybridized carbons (Fsp3) is 0.625. The second-order valence-electron chi connectivity index (χ2n) is 5.74. The minimum Gasteiger partial charge on any atom is -0.316 e. The van der Waals surface area contributed by atoms with Crippen LogP contribution in [0.4, 0.5) is 13.2 Å². The summed E-state index contributed by atoms with van der Waals surface area (Å²) in [5.74, 6) is 0.601. The summed E-state index contributed by atoms with van der Waals surface area (Å²) in [5, 5.41) is 3.38. The molecule has 1 fully saturated rings. The second-order valence-corrected chi connectivity index (χ2v) is 5.74. The number of hydrogen-bond donors (Lipinski definition) is 1. The van der Waals surface area contributed by atoms with Gasteiger partial charge in [-0.05, 0) is 50.0 Å². The van der Waals surface area contributed by atoms with Crippen molar-refractivity contribution in [1.29, 1.82) is 0 Å². The van der Waals surface area contributed by atoms with E-state index in [1.165, 1.54) is 25.0 Å².